The van der Waals surface area contributed by atoms with Gasteiger partial charge in [-0.15, -0.1) is 0 Å². The average molecular weight is 393 g/mol. The smallest absolute Gasteiger partial charge is 0.321 e. The molecular weight excluding hydrogens is 372 g/mol. The van der Waals surface area contributed by atoms with Crippen LogP contribution in [-0.4, -0.2) is 53.1 Å². The van der Waals surface area contributed by atoms with Crippen LogP contribution in [0.4, 0.5) is 16.2 Å². The Morgan fingerprint density at radius 1 is 1.38 bits per heavy atom. The molecule has 2 fully saturated rings. The molecule has 4 N–H and O–H groups in total. The number of amides is 2. The lowest BCUT2D eigenvalue weighted by Gasteiger charge is -2.34. The lowest BCUT2D eigenvalue weighted by molar-refractivity contribution is 0.181. The number of hydrogen-bond donors (Lipinski definition) is 3. The molecule has 0 radical (unpaired) electrons. The number of nitrogens with two attached hydrogens (primary N) is 1. The number of aromatic nitrogens is 2. The Balaban J connectivity index is 1.72. The zero-order valence-electron chi connectivity index (χ0n) is 13.4. The van der Waals surface area contributed by atoms with Crippen LogP contribution in [0.5, 0.6) is 0 Å². The summed E-state index contributed by atoms with van der Waals surface area (Å²) in [5, 5.41) is 3.96. The first-order valence-corrected chi connectivity index (χ1v) is 9.15. The van der Waals surface area contributed by atoms with Gasteiger partial charge < -0.3 is 25.8 Å². The van der Waals surface area contributed by atoms with Crippen molar-refractivity contribution >= 4 is 44.4 Å². The van der Waals surface area contributed by atoms with Crippen LogP contribution in [0.1, 0.15) is 19.3 Å². The van der Waals surface area contributed by atoms with Gasteiger partial charge in [0.15, 0.2) is 0 Å². The second-order valence-corrected chi connectivity index (χ2v) is 7.35. The van der Waals surface area contributed by atoms with Crippen LogP contribution in [0.15, 0.2) is 16.9 Å². The third kappa shape index (κ3) is 2.73. The SMILES string of the molecule is N[C@@H]1CCCN(c2c(Br)cnc3[nH]cc(NC(=O)N4CCC4)c23)C1. The van der Waals surface area contributed by atoms with Crippen LogP contribution < -0.4 is 16.0 Å². The zero-order valence-corrected chi connectivity index (χ0v) is 15.0. The molecule has 128 valence electrons. The van der Waals surface area contributed by atoms with Gasteiger partial charge >= 0.3 is 6.03 Å². The van der Waals surface area contributed by atoms with Gasteiger partial charge in [0.05, 0.1) is 21.2 Å². The van der Waals surface area contributed by atoms with E-state index in [1.54, 1.807) is 11.1 Å². The lowest BCUT2D eigenvalue weighted by atomic mass is 10.1. The number of nitrogens with zero attached hydrogens (tertiary/aromatic N) is 3. The number of carbonyl (C=O) groups excluding carboxylic acids is 1. The van der Waals surface area contributed by atoms with E-state index in [0.29, 0.717) is 0 Å². The number of urea groups is 1. The number of aromatic amines is 1. The van der Waals surface area contributed by atoms with E-state index in [0.717, 1.165) is 72.3 Å². The number of halogens is 1. The van der Waals surface area contributed by atoms with Crippen LogP contribution in [0.25, 0.3) is 11.0 Å². The summed E-state index contributed by atoms with van der Waals surface area (Å²) in [5.41, 5.74) is 8.75. The number of fused-ring (bicyclic) bond motifs is 1. The van der Waals surface area contributed by atoms with Crippen molar-refractivity contribution in [3.63, 3.8) is 0 Å². The van der Waals surface area contributed by atoms with Gasteiger partial charge in [0.25, 0.3) is 0 Å². The van der Waals surface area contributed by atoms with Crippen LogP contribution >= 0.6 is 15.9 Å². The Bertz CT molecular complexity index is 771. The Kier molecular flexibility index (Phi) is 4.09. The van der Waals surface area contributed by atoms with Crippen molar-refractivity contribution in [2.75, 3.05) is 36.4 Å². The van der Waals surface area contributed by atoms with Crippen molar-refractivity contribution in [3.05, 3.63) is 16.9 Å². The standard InChI is InChI=1S/C16H21BrN6O/c17-11-7-19-15-13(14(11)23-4-1-3-10(18)9-23)12(8-20-15)21-16(24)22-5-2-6-22/h7-8,10H,1-6,9,18H2,(H,19,20)(H,21,24)/t10-/m1/s1. The molecule has 1 atom stereocenters. The Morgan fingerprint density at radius 2 is 2.21 bits per heavy atom. The third-order valence-corrected chi connectivity index (χ3v) is 5.37. The summed E-state index contributed by atoms with van der Waals surface area (Å²) in [4.78, 5) is 24.0. The minimum Gasteiger partial charge on any atom is -0.368 e. The van der Waals surface area contributed by atoms with Crippen LogP contribution in [-0.2, 0) is 0 Å². The highest BCUT2D eigenvalue weighted by atomic mass is 79.9. The van der Waals surface area contributed by atoms with Crippen LogP contribution in [0, 0.1) is 0 Å². The normalized spacial score (nSPS) is 21.0. The van der Waals surface area contributed by atoms with E-state index in [2.05, 4.69) is 36.1 Å². The number of anilines is 2. The molecule has 8 heteroatoms. The number of pyridine rings is 1. The topological polar surface area (TPSA) is 90.3 Å². The molecule has 2 aliphatic heterocycles. The number of carbonyl (C=O) groups is 1. The number of H-pyrrole nitrogens is 1. The van der Waals surface area contributed by atoms with Gasteiger partial charge in [0.2, 0.25) is 0 Å². The van der Waals surface area contributed by atoms with E-state index in [1.807, 2.05) is 6.20 Å². The van der Waals surface area contributed by atoms with Crippen molar-refractivity contribution in [2.45, 2.75) is 25.3 Å². The molecule has 0 unspecified atom stereocenters. The van der Waals surface area contributed by atoms with Crippen molar-refractivity contribution in [3.8, 4) is 0 Å². The van der Waals surface area contributed by atoms with Gasteiger partial charge in [0, 0.05) is 44.6 Å². The van der Waals surface area contributed by atoms with Gasteiger partial charge in [-0.05, 0) is 35.2 Å². The Hall–Kier alpha value is -1.80. The third-order valence-electron chi connectivity index (χ3n) is 4.79. The molecule has 7 nitrogen and oxygen atoms in total. The largest absolute Gasteiger partial charge is 0.368 e. The number of nitrogens with one attached hydrogen (secondary N) is 2. The summed E-state index contributed by atoms with van der Waals surface area (Å²) >= 11 is 3.63. The summed E-state index contributed by atoms with van der Waals surface area (Å²) in [6, 6.07) is 0.121. The number of hydrogen-bond acceptors (Lipinski definition) is 4. The molecule has 24 heavy (non-hydrogen) atoms. The lowest BCUT2D eigenvalue weighted by Crippen LogP contribution is -2.44. The van der Waals surface area contributed by atoms with Crippen LogP contribution in [0.2, 0.25) is 0 Å². The first-order valence-electron chi connectivity index (χ1n) is 8.35. The maximum absolute atomic E-state index is 12.3. The Morgan fingerprint density at radius 3 is 2.92 bits per heavy atom. The van der Waals surface area contributed by atoms with Gasteiger partial charge in [-0.3, -0.25) is 0 Å². The zero-order chi connectivity index (χ0) is 16.7. The van der Waals surface area contributed by atoms with E-state index in [9.17, 15) is 4.79 Å². The minimum absolute atomic E-state index is 0.0524. The molecule has 2 aromatic rings. The summed E-state index contributed by atoms with van der Waals surface area (Å²) in [7, 11) is 0. The van der Waals surface area contributed by atoms with Crippen molar-refractivity contribution in [1.82, 2.24) is 14.9 Å². The molecule has 2 amide bonds. The summed E-state index contributed by atoms with van der Waals surface area (Å²) in [5.74, 6) is 0. The number of likely N-dealkylation sites (tertiary alicyclic amines) is 1. The summed E-state index contributed by atoms with van der Waals surface area (Å²) in [6.45, 7) is 3.41. The predicted octanol–water partition coefficient (Wildman–Crippen LogP) is 2.49. The monoisotopic (exact) mass is 392 g/mol. The molecule has 0 saturated carbocycles. The van der Waals surface area contributed by atoms with E-state index >= 15 is 0 Å². The molecular formula is C16H21BrN6O. The Labute approximate surface area is 148 Å². The molecule has 4 rings (SSSR count). The summed E-state index contributed by atoms with van der Waals surface area (Å²) in [6.07, 6.45) is 6.81. The van der Waals surface area contributed by atoms with Crippen molar-refractivity contribution < 1.29 is 4.79 Å². The van der Waals surface area contributed by atoms with Crippen molar-refractivity contribution in [1.29, 1.82) is 0 Å². The van der Waals surface area contributed by atoms with Crippen LogP contribution in [0.3, 0.4) is 0 Å². The van der Waals surface area contributed by atoms with Gasteiger partial charge in [-0.25, -0.2) is 9.78 Å². The molecule has 2 saturated heterocycles. The quantitative estimate of drug-likeness (QED) is 0.731. The minimum atomic E-state index is -0.0524. The maximum Gasteiger partial charge on any atom is 0.321 e. The van der Waals surface area contributed by atoms with Gasteiger partial charge in [-0.1, -0.05) is 0 Å². The average Bonchev–Trinajstić information content (AvgIpc) is 2.88. The van der Waals surface area contributed by atoms with Gasteiger partial charge in [-0.2, -0.15) is 0 Å². The molecule has 0 aromatic carbocycles. The first kappa shape index (κ1) is 15.7. The highest BCUT2D eigenvalue weighted by Gasteiger charge is 2.25. The molecule has 4 heterocycles. The second-order valence-electron chi connectivity index (χ2n) is 6.50. The predicted molar refractivity (Wildman–Crippen MR) is 98.4 cm³/mol. The molecule has 0 aliphatic carbocycles. The van der Waals surface area contributed by atoms with Gasteiger partial charge in [0.1, 0.15) is 5.65 Å². The first-order chi connectivity index (χ1) is 11.6. The second kappa shape index (κ2) is 6.25. The van der Waals surface area contributed by atoms with E-state index < -0.39 is 0 Å². The fraction of sp³-hybridized carbons (Fsp3) is 0.500. The molecule has 2 aliphatic rings. The maximum atomic E-state index is 12.3. The van der Waals surface area contributed by atoms with E-state index in [-0.39, 0.29) is 12.1 Å². The van der Waals surface area contributed by atoms with E-state index in [4.69, 9.17) is 5.73 Å². The van der Waals surface area contributed by atoms with Crippen molar-refractivity contribution in [2.24, 2.45) is 5.73 Å². The molecule has 0 spiro atoms. The fourth-order valence-corrected chi connectivity index (χ4v) is 3.94. The number of piperidine rings is 1. The molecule has 2 aromatic heterocycles. The highest BCUT2D eigenvalue weighted by molar-refractivity contribution is 9.10. The fourth-order valence-electron chi connectivity index (χ4n) is 3.39. The van der Waals surface area contributed by atoms with E-state index in [1.165, 1.54) is 0 Å². The summed E-state index contributed by atoms with van der Waals surface area (Å²) < 4.78 is 0.920. The number of rotatable bonds is 2. The molecule has 0 bridgehead atoms. The highest BCUT2D eigenvalue weighted by Crippen LogP contribution is 2.38.